The normalized spacial score (nSPS) is 14.0. The van der Waals surface area contributed by atoms with Crippen LogP contribution in [0.15, 0.2) is 87.6 Å². The minimum absolute atomic E-state index is 0.104. The van der Waals surface area contributed by atoms with E-state index in [1.165, 1.54) is 16.7 Å². The van der Waals surface area contributed by atoms with Crippen LogP contribution in [0.3, 0.4) is 0 Å². The van der Waals surface area contributed by atoms with Gasteiger partial charge in [-0.1, -0.05) is 48.0 Å². The van der Waals surface area contributed by atoms with E-state index in [2.05, 4.69) is 14.9 Å². The Bertz CT molecular complexity index is 1500. The molecular formula is C22H16N4O3S. The first-order chi connectivity index (χ1) is 14.5. The Labute approximate surface area is 172 Å². The van der Waals surface area contributed by atoms with Gasteiger partial charge in [0.15, 0.2) is 5.82 Å². The van der Waals surface area contributed by atoms with Crippen molar-refractivity contribution in [2.45, 2.75) is 11.8 Å². The van der Waals surface area contributed by atoms with Crippen molar-refractivity contribution in [2.75, 3.05) is 0 Å². The Morgan fingerprint density at radius 2 is 1.63 bits per heavy atom. The van der Waals surface area contributed by atoms with Crippen molar-refractivity contribution in [1.82, 2.24) is 14.4 Å². The van der Waals surface area contributed by atoms with Gasteiger partial charge in [-0.3, -0.25) is 9.36 Å². The summed E-state index contributed by atoms with van der Waals surface area (Å²) in [5.74, 6) is 0.298. The fraction of sp³-hybridized carbons (Fsp3) is 0.0455. The highest BCUT2D eigenvalue weighted by Gasteiger charge is 2.29. The molecule has 7 nitrogen and oxygen atoms in total. The van der Waals surface area contributed by atoms with Gasteiger partial charge in [0.25, 0.3) is 15.6 Å². The largest absolute Gasteiger partial charge is 0.276 e. The third-order valence-corrected chi connectivity index (χ3v) is 6.22. The Balaban J connectivity index is 1.68. The zero-order valence-electron chi connectivity index (χ0n) is 15.9. The lowest BCUT2D eigenvalue weighted by Gasteiger charge is -2.07. The summed E-state index contributed by atoms with van der Waals surface area (Å²) in [5, 5.41) is 4.66. The van der Waals surface area contributed by atoms with Crippen LogP contribution in [0.2, 0.25) is 0 Å². The summed E-state index contributed by atoms with van der Waals surface area (Å²) in [6, 6.07) is 20.7. The molecule has 4 aromatic rings. The summed E-state index contributed by atoms with van der Waals surface area (Å²) >= 11 is 0. The quantitative estimate of drug-likeness (QED) is 0.458. The molecule has 0 unspecified atom stereocenters. The molecule has 0 amide bonds. The summed E-state index contributed by atoms with van der Waals surface area (Å²) in [7, 11) is -3.87. The van der Waals surface area contributed by atoms with E-state index in [4.69, 9.17) is 0 Å². The number of aryl methyl sites for hydroxylation is 1. The molecule has 1 aromatic heterocycles. The Hall–Kier alpha value is -3.78. The number of hydrazone groups is 1. The molecule has 0 saturated heterocycles. The minimum atomic E-state index is -3.87. The van der Waals surface area contributed by atoms with Crippen molar-refractivity contribution >= 4 is 26.6 Å². The lowest BCUT2D eigenvalue weighted by molar-refractivity contribution is 0.584. The molecule has 0 aliphatic carbocycles. The fourth-order valence-corrected chi connectivity index (χ4v) is 4.30. The van der Waals surface area contributed by atoms with Gasteiger partial charge < -0.3 is 0 Å². The van der Waals surface area contributed by atoms with Crippen LogP contribution in [-0.2, 0) is 10.0 Å². The van der Waals surface area contributed by atoms with Crippen molar-refractivity contribution < 1.29 is 8.42 Å². The topological polar surface area (TPSA) is 93.4 Å². The van der Waals surface area contributed by atoms with Crippen molar-refractivity contribution in [3.8, 4) is 5.69 Å². The molecule has 0 spiro atoms. The van der Waals surface area contributed by atoms with Gasteiger partial charge in [-0.25, -0.2) is 4.98 Å². The fourth-order valence-electron chi connectivity index (χ4n) is 3.49. The number of hydrogen-bond donors (Lipinski definition) is 1. The molecule has 0 fully saturated rings. The third kappa shape index (κ3) is 2.81. The molecule has 30 heavy (non-hydrogen) atoms. The summed E-state index contributed by atoms with van der Waals surface area (Å²) in [5.41, 5.74) is 2.79. The predicted molar refractivity (Wildman–Crippen MR) is 114 cm³/mol. The maximum atomic E-state index is 13.1. The van der Waals surface area contributed by atoms with E-state index in [1.54, 1.807) is 54.6 Å². The molecule has 148 valence electrons. The van der Waals surface area contributed by atoms with E-state index >= 15 is 0 Å². The van der Waals surface area contributed by atoms with Crippen LogP contribution in [0.1, 0.15) is 17.0 Å². The average Bonchev–Trinajstić information content (AvgIpc) is 3.06. The average molecular weight is 416 g/mol. The summed E-state index contributed by atoms with van der Waals surface area (Å²) in [4.78, 5) is 20.1. The van der Waals surface area contributed by atoms with E-state index in [0.29, 0.717) is 33.7 Å². The first kappa shape index (κ1) is 18.3. The highest BCUT2D eigenvalue weighted by atomic mass is 32.2. The van der Waals surface area contributed by atoms with Crippen LogP contribution in [0.5, 0.6) is 0 Å². The number of hydrogen-bond acceptors (Lipinski definition) is 5. The Morgan fingerprint density at radius 1 is 0.933 bits per heavy atom. The van der Waals surface area contributed by atoms with Crippen LogP contribution in [0.25, 0.3) is 16.6 Å². The molecule has 1 N–H and O–H groups in total. The molecule has 0 radical (unpaired) electrons. The van der Waals surface area contributed by atoms with Crippen molar-refractivity contribution in [2.24, 2.45) is 5.10 Å². The highest BCUT2D eigenvalue weighted by Crippen LogP contribution is 2.26. The van der Waals surface area contributed by atoms with E-state index in [9.17, 15) is 13.2 Å². The van der Waals surface area contributed by atoms with Gasteiger partial charge in [0, 0.05) is 5.56 Å². The molecule has 2 heterocycles. The van der Waals surface area contributed by atoms with Crippen molar-refractivity contribution in [3.63, 3.8) is 0 Å². The van der Waals surface area contributed by atoms with Gasteiger partial charge in [-0.05, 0) is 37.3 Å². The zero-order chi connectivity index (χ0) is 20.9. The number of nitrogens with zero attached hydrogens (tertiary/aromatic N) is 3. The van der Waals surface area contributed by atoms with Crippen molar-refractivity contribution in [3.05, 3.63) is 100 Å². The summed E-state index contributed by atoms with van der Waals surface area (Å²) in [6.45, 7) is 1.88. The maximum absolute atomic E-state index is 13.1. The Kier molecular flexibility index (Phi) is 4.04. The highest BCUT2D eigenvalue weighted by molar-refractivity contribution is 7.89. The molecule has 1 aliphatic heterocycles. The second-order valence-corrected chi connectivity index (χ2v) is 8.64. The first-order valence-corrected chi connectivity index (χ1v) is 10.7. The number of sulfonamides is 1. The van der Waals surface area contributed by atoms with Gasteiger partial charge >= 0.3 is 0 Å². The molecular weight excluding hydrogens is 400 g/mol. The summed E-state index contributed by atoms with van der Waals surface area (Å²) in [6.07, 6.45) is 0. The molecule has 3 aromatic carbocycles. The maximum Gasteiger partial charge on any atom is 0.276 e. The molecule has 8 heteroatoms. The van der Waals surface area contributed by atoms with E-state index < -0.39 is 10.0 Å². The van der Waals surface area contributed by atoms with Crippen LogP contribution in [-0.4, -0.2) is 23.7 Å². The van der Waals surface area contributed by atoms with Gasteiger partial charge in [-0.2, -0.15) is 18.4 Å². The Morgan fingerprint density at radius 3 is 2.43 bits per heavy atom. The molecule has 0 bridgehead atoms. The third-order valence-electron chi connectivity index (χ3n) is 5.00. The second kappa shape index (κ2) is 6.64. The lowest BCUT2D eigenvalue weighted by Crippen LogP contribution is -2.24. The van der Waals surface area contributed by atoms with Gasteiger partial charge in [0.1, 0.15) is 5.71 Å². The SMILES string of the molecule is Cc1ccc(S(=O)(=O)N/N=C2/c3ccccc3-n3c2nc2ccccc2c3=O)cc1. The number of benzene rings is 3. The second-order valence-electron chi connectivity index (χ2n) is 6.98. The minimum Gasteiger partial charge on any atom is -0.268 e. The summed E-state index contributed by atoms with van der Waals surface area (Å²) < 4.78 is 26.9. The number of fused-ring (bicyclic) bond motifs is 4. The van der Waals surface area contributed by atoms with Crippen LogP contribution < -0.4 is 10.4 Å². The molecule has 0 atom stereocenters. The molecule has 5 rings (SSSR count). The lowest BCUT2D eigenvalue weighted by atomic mass is 10.1. The van der Waals surface area contributed by atoms with Gasteiger partial charge in [0.2, 0.25) is 0 Å². The predicted octanol–water partition coefficient (Wildman–Crippen LogP) is 2.74. The first-order valence-electron chi connectivity index (χ1n) is 9.24. The van der Waals surface area contributed by atoms with E-state index in [1.807, 2.05) is 13.0 Å². The van der Waals surface area contributed by atoms with Gasteiger partial charge in [-0.15, -0.1) is 0 Å². The number of aromatic nitrogens is 2. The monoisotopic (exact) mass is 416 g/mol. The zero-order valence-corrected chi connectivity index (χ0v) is 16.7. The number of nitrogens with one attached hydrogen (secondary N) is 1. The van der Waals surface area contributed by atoms with Crippen LogP contribution in [0.4, 0.5) is 0 Å². The standard InChI is InChI=1S/C22H16N4O3S/c1-14-10-12-15(13-11-14)30(28,29)25-24-20-17-7-3-5-9-19(17)26-21(20)23-18-8-4-2-6-16(18)22(26)27/h2-13,25H,1H3/b24-20-. The molecule has 0 saturated carbocycles. The van der Waals surface area contributed by atoms with Crippen LogP contribution >= 0.6 is 0 Å². The molecule has 1 aliphatic rings. The van der Waals surface area contributed by atoms with E-state index in [0.717, 1.165) is 5.56 Å². The van der Waals surface area contributed by atoms with E-state index in [-0.39, 0.29) is 10.5 Å². The number of para-hydroxylation sites is 2. The van der Waals surface area contributed by atoms with Gasteiger partial charge in [0.05, 0.1) is 21.5 Å². The smallest absolute Gasteiger partial charge is 0.268 e. The van der Waals surface area contributed by atoms with Crippen LogP contribution in [0, 0.1) is 6.92 Å². The van der Waals surface area contributed by atoms with Crippen molar-refractivity contribution in [1.29, 1.82) is 0 Å². The number of rotatable bonds is 3.